The third-order valence-corrected chi connectivity index (χ3v) is 4.57. The SMILES string of the molecule is O=C(NC(c1cccs1)C1CC(O)C1)c1cc[nH]c1. The van der Waals surface area contributed by atoms with E-state index in [1.54, 1.807) is 29.8 Å². The molecular formula is C14H16N2O2S. The summed E-state index contributed by atoms with van der Waals surface area (Å²) in [6.07, 6.45) is 4.74. The largest absolute Gasteiger partial charge is 0.393 e. The molecule has 1 unspecified atom stereocenters. The molecule has 1 saturated carbocycles. The van der Waals surface area contributed by atoms with Crippen molar-refractivity contribution < 1.29 is 9.90 Å². The number of hydrogen-bond donors (Lipinski definition) is 3. The molecule has 2 aromatic rings. The van der Waals surface area contributed by atoms with Crippen molar-refractivity contribution in [3.8, 4) is 0 Å². The van der Waals surface area contributed by atoms with Crippen LogP contribution in [-0.4, -0.2) is 22.1 Å². The van der Waals surface area contributed by atoms with Gasteiger partial charge in [-0.2, -0.15) is 0 Å². The van der Waals surface area contributed by atoms with E-state index in [-0.39, 0.29) is 18.1 Å². The molecule has 0 bridgehead atoms. The van der Waals surface area contributed by atoms with Crippen LogP contribution in [-0.2, 0) is 0 Å². The summed E-state index contributed by atoms with van der Waals surface area (Å²) in [6, 6.07) is 5.80. The molecule has 100 valence electrons. The van der Waals surface area contributed by atoms with Crippen molar-refractivity contribution in [1.82, 2.24) is 10.3 Å². The Morgan fingerprint density at radius 1 is 1.47 bits per heavy atom. The highest BCUT2D eigenvalue weighted by atomic mass is 32.1. The molecule has 1 fully saturated rings. The number of carbonyl (C=O) groups is 1. The maximum absolute atomic E-state index is 12.1. The van der Waals surface area contributed by atoms with Crippen molar-refractivity contribution in [3.05, 3.63) is 46.4 Å². The van der Waals surface area contributed by atoms with Crippen molar-refractivity contribution in [1.29, 1.82) is 0 Å². The molecule has 3 rings (SSSR count). The van der Waals surface area contributed by atoms with Gasteiger partial charge in [0.1, 0.15) is 0 Å². The second-order valence-corrected chi connectivity index (χ2v) is 5.93. The molecular weight excluding hydrogens is 260 g/mol. The minimum atomic E-state index is -0.211. The normalized spacial score (nSPS) is 23.6. The fraction of sp³-hybridized carbons (Fsp3) is 0.357. The Labute approximate surface area is 115 Å². The molecule has 1 amide bonds. The summed E-state index contributed by atoms with van der Waals surface area (Å²) < 4.78 is 0. The first-order valence-corrected chi connectivity index (χ1v) is 7.27. The van der Waals surface area contributed by atoms with Gasteiger partial charge < -0.3 is 15.4 Å². The van der Waals surface area contributed by atoms with E-state index in [4.69, 9.17) is 0 Å². The van der Waals surface area contributed by atoms with Crippen molar-refractivity contribution in [2.45, 2.75) is 25.0 Å². The van der Waals surface area contributed by atoms with Gasteiger partial charge in [0, 0.05) is 17.3 Å². The zero-order valence-corrected chi connectivity index (χ0v) is 11.2. The Hall–Kier alpha value is -1.59. The molecule has 0 spiro atoms. The first-order chi connectivity index (χ1) is 9.24. The monoisotopic (exact) mass is 276 g/mol. The molecule has 5 heteroatoms. The van der Waals surface area contributed by atoms with Gasteiger partial charge in [0.05, 0.1) is 17.7 Å². The maximum Gasteiger partial charge on any atom is 0.253 e. The van der Waals surface area contributed by atoms with Crippen LogP contribution in [0.3, 0.4) is 0 Å². The van der Waals surface area contributed by atoms with Crippen LogP contribution in [0, 0.1) is 5.92 Å². The quantitative estimate of drug-likeness (QED) is 0.802. The van der Waals surface area contributed by atoms with Crippen LogP contribution in [0.25, 0.3) is 0 Å². The Balaban J connectivity index is 1.74. The van der Waals surface area contributed by atoms with Crippen LogP contribution in [0.2, 0.25) is 0 Å². The van der Waals surface area contributed by atoms with E-state index in [0.29, 0.717) is 11.5 Å². The van der Waals surface area contributed by atoms with E-state index in [2.05, 4.69) is 10.3 Å². The summed E-state index contributed by atoms with van der Waals surface area (Å²) in [4.78, 5) is 16.2. The second-order valence-electron chi connectivity index (χ2n) is 4.95. The lowest BCUT2D eigenvalue weighted by molar-refractivity contribution is 0.0241. The molecule has 19 heavy (non-hydrogen) atoms. The second kappa shape index (κ2) is 5.19. The van der Waals surface area contributed by atoms with Gasteiger partial charge in [-0.15, -0.1) is 11.3 Å². The average molecular weight is 276 g/mol. The number of aliphatic hydroxyl groups is 1. The molecule has 0 radical (unpaired) electrons. The lowest BCUT2D eigenvalue weighted by Crippen LogP contribution is -2.41. The lowest BCUT2D eigenvalue weighted by atomic mass is 9.76. The first-order valence-electron chi connectivity index (χ1n) is 6.39. The third-order valence-electron chi connectivity index (χ3n) is 3.62. The molecule has 0 aliphatic heterocycles. The van der Waals surface area contributed by atoms with Crippen LogP contribution in [0.4, 0.5) is 0 Å². The van der Waals surface area contributed by atoms with E-state index in [1.165, 1.54) is 0 Å². The van der Waals surface area contributed by atoms with Gasteiger partial charge in [0.25, 0.3) is 5.91 Å². The summed E-state index contributed by atoms with van der Waals surface area (Å²) in [5.74, 6) is 0.262. The van der Waals surface area contributed by atoms with Crippen LogP contribution < -0.4 is 5.32 Å². The summed E-state index contributed by atoms with van der Waals surface area (Å²) in [5.41, 5.74) is 0.640. The summed E-state index contributed by atoms with van der Waals surface area (Å²) in [6.45, 7) is 0. The number of carbonyl (C=O) groups excluding carboxylic acids is 1. The number of nitrogens with one attached hydrogen (secondary N) is 2. The number of aromatic amines is 1. The van der Waals surface area contributed by atoms with Crippen LogP contribution in [0.5, 0.6) is 0 Å². The van der Waals surface area contributed by atoms with Gasteiger partial charge in [0.2, 0.25) is 0 Å². The predicted octanol–water partition coefficient (Wildman–Crippen LogP) is 2.32. The van der Waals surface area contributed by atoms with Crippen LogP contribution in [0.1, 0.15) is 34.1 Å². The Morgan fingerprint density at radius 2 is 2.32 bits per heavy atom. The summed E-state index contributed by atoms with van der Waals surface area (Å²) in [5, 5.41) is 14.6. The minimum absolute atomic E-state index is 0.00537. The van der Waals surface area contributed by atoms with Crippen LogP contribution >= 0.6 is 11.3 Å². The van der Waals surface area contributed by atoms with Gasteiger partial charge in [-0.05, 0) is 36.3 Å². The molecule has 4 nitrogen and oxygen atoms in total. The van der Waals surface area contributed by atoms with E-state index >= 15 is 0 Å². The number of H-pyrrole nitrogens is 1. The van der Waals surface area contributed by atoms with Crippen molar-refractivity contribution in [2.75, 3.05) is 0 Å². The van der Waals surface area contributed by atoms with Gasteiger partial charge in [0.15, 0.2) is 0 Å². The highest BCUT2D eigenvalue weighted by Gasteiger charge is 2.36. The molecule has 0 saturated heterocycles. The molecule has 1 aliphatic rings. The fourth-order valence-electron chi connectivity index (χ4n) is 2.48. The number of rotatable bonds is 4. The molecule has 2 aromatic heterocycles. The number of amides is 1. The van der Waals surface area contributed by atoms with E-state index in [0.717, 1.165) is 17.7 Å². The van der Waals surface area contributed by atoms with E-state index < -0.39 is 0 Å². The molecule has 3 N–H and O–H groups in total. The van der Waals surface area contributed by atoms with Gasteiger partial charge in [-0.3, -0.25) is 4.79 Å². The zero-order chi connectivity index (χ0) is 13.2. The Morgan fingerprint density at radius 3 is 2.89 bits per heavy atom. The highest BCUT2D eigenvalue weighted by molar-refractivity contribution is 7.10. The van der Waals surface area contributed by atoms with E-state index in [9.17, 15) is 9.90 Å². The minimum Gasteiger partial charge on any atom is -0.393 e. The first kappa shape index (κ1) is 12.4. The molecule has 1 aliphatic carbocycles. The maximum atomic E-state index is 12.1. The molecule has 1 atom stereocenters. The van der Waals surface area contributed by atoms with Crippen molar-refractivity contribution in [3.63, 3.8) is 0 Å². The van der Waals surface area contributed by atoms with Crippen LogP contribution in [0.15, 0.2) is 36.0 Å². The van der Waals surface area contributed by atoms with Crippen molar-refractivity contribution >= 4 is 17.2 Å². The number of thiophene rings is 1. The third kappa shape index (κ3) is 2.57. The molecule has 2 heterocycles. The standard InChI is InChI=1S/C14H16N2O2S/c17-11-6-10(7-11)13(12-2-1-5-19-12)16-14(18)9-3-4-15-8-9/h1-5,8,10-11,13,15,17H,6-7H2,(H,16,18). The number of aromatic nitrogens is 1. The van der Waals surface area contributed by atoms with Gasteiger partial charge >= 0.3 is 0 Å². The Kier molecular flexibility index (Phi) is 3.40. The fourth-order valence-corrected chi connectivity index (χ4v) is 3.35. The van der Waals surface area contributed by atoms with Gasteiger partial charge in [-0.1, -0.05) is 6.07 Å². The van der Waals surface area contributed by atoms with Gasteiger partial charge in [-0.25, -0.2) is 0 Å². The number of aliphatic hydroxyl groups excluding tert-OH is 1. The van der Waals surface area contributed by atoms with E-state index in [1.807, 2.05) is 17.5 Å². The Bertz CT molecular complexity index is 530. The lowest BCUT2D eigenvalue weighted by Gasteiger charge is -2.37. The molecule has 0 aromatic carbocycles. The summed E-state index contributed by atoms with van der Waals surface area (Å²) in [7, 11) is 0. The predicted molar refractivity (Wildman–Crippen MR) is 74.0 cm³/mol. The topological polar surface area (TPSA) is 65.1 Å². The zero-order valence-electron chi connectivity index (χ0n) is 10.4. The highest BCUT2D eigenvalue weighted by Crippen LogP contribution is 2.39. The summed E-state index contributed by atoms with van der Waals surface area (Å²) >= 11 is 1.64. The average Bonchev–Trinajstić information content (AvgIpc) is 3.03. The smallest absolute Gasteiger partial charge is 0.253 e. The number of hydrogen-bond acceptors (Lipinski definition) is 3. The van der Waals surface area contributed by atoms with Crippen molar-refractivity contribution in [2.24, 2.45) is 5.92 Å².